The maximum atomic E-state index is 11.9. The average molecular weight is 284 g/mol. The lowest BCUT2D eigenvalue weighted by Gasteiger charge is -2.08. The van der Waals surface area contributed by atoms with Gasteiger partial charge in [-0.2, -0.15) is 0 Å². The van der Waals surface area contributed by atoms with Crippen molar-refractivity contribution in [3.63, 3.8) is 0 Å². The first-order valence-electron chi connectivity index (χ1n) is 6.34. The van der Waals surface area contributed by atoms with Gasteiger partial charge >= 0.3 is 6.03 Å². The summed E-state index contributed by atoms with van der Waals surface area (Å²) in [6.07, 6.45) is 0. The second-order valence-corrected chi connectivity index (χ2v) is 4.47. The number of carbonyl (C=O) groups is 2. The maximum Gasteiger partial charge on any atom is 0.321 e. The Morgan fingerprint density at radius 3 is 2.29 bits per heavy atom. The molecule has 0 fully saturated rings. The van der Waals surface area contributed by atoms with Gasteiger partial charge in [-0.3, -0.25) is 10.1 Å². The molecule has 0 saturated heterocycles. The van der Waals surface area contributed by atoms with Crippen LogP contribution in [0.15, 0.2) is 48.5 Å². The highest BCUT2D eigenvalue weighted by Gasteiger charge is 2.12. The quantitative estimate of drug-likeness (QED) is 0.640. The van der Waals surface area contributed by atoms with Crippen molar-refractivity contribution in [1.29, 1.82) is 0 Å². The minimum Gasteiger partial charge on any atom is -0.399 e. The zero-order valence-corrected chi connectivity index (χ0v) is 11.3. The first-order valence-corrected chi connectivity index (χ1v) is 6.34. The number of rotatable bonds is 3. The Morgan fingerprint density at radius 2 is 1.62 bits per heavy atom. The maximum absolute atomic E-state index is 11.9. The van der Waals surface area contributed by atoms with Crippen molar-refractivity contribution in [2.75, 3.05) is 11.5 Å². The Balaban J connectivity index is 1.89. The summed E-state index contributed by atoms with van der Waals surface area (Å²) in [6, 6.07) is 13.0. The van der Waals surface area contributed by atoms with Gasteiger partial charge in [0.1, 0.15) is 0 Å². The fourth-order valence-electron chi connectivity index (χ4n) is 1.74. The van der Waals surface area contributed by atoms with Crippen LogP contribution in [0, 0.1) is 0 Å². The molecule has 2 rings (SSSR count). The molecule has 0 aliphatic heterocycles. The SMILES string of the molecule is Nc1ccc(CNC(=O)NC(=O)c2ccccc2N)cc1. The van der Waals surface area contributed by atoms with Gasteiger partial charge in [-0.05, 0) is 29.8 Å². The van der Waals surface area contributed by atoms with Crippen molar-refractivity contribution in [2.45, 2.75) is 6.54 Å². The summed E-state index contributed by atoms with van der Waals surface area (Å²) in [5, 5.41) is 4.81. The lowest BCUT2D eigenvalue weighted by atomic mass is 10.2. The van der Waals surface area contributed by atoms with Gasteiger partial charge in [-0.15, -0.1) is 0 Å². The third kappa shape index (κ3) is 3.97. The summed E-state index contributed by atoms with van der Waals surface area (Å²) in [6.45, 7) is 0.295. The number of carbonyl (C=O) groups excluding carboxylic acids is 2. The van der Waals surface area contributed by atoms with Crippen molar-refractivity contribution < 1.29 is 9.59 Å². The molecule has 0 aliphatic rings. The highest BCUT2D eigenvalue weighted by molar-refractivity contribution is 6.07. The van der Waals surface area contributed by atoms with Crippen molar-refractivity contribution >= 4 is 23.3 Å². The Kier molecular flexibility index (Phi) is 4.40. The van der Waals surface area contributed by atoms with Crippen LogP contribution < -0.4 is 22.1 Å². The number of imide groups is 1. The number of hydrogen-bond acceptors (Lipinski definition) is 4. The second kappa shape index (κ2) is 6.42. The van der Waals surface area contributed by atoms with Crippen molar-refractivity contribution in [3.05, 3.63) is 59.7 Å². The summed E-state index contributed by atoms with van der Waals surface area (Å²) < 4.78 is 0. The number of para-hydroxylation sites is 1. The molecule has 0 saturated carbocycles. The summed E-state index contributed by atoms with van der Waals surface area (Å²) >= 11 is 0. The minimum atomic E-state index is -0.583. The number of amides is 3. The van der Waals surface area contributed by atoms with Gasteiger partial charge in [0.05, 0.1) is 5.56 Å². The van der Waals surface area contributed by atoms with E-state index in [4.69, 9.17) is 11.5 Å². The zero-order chi connectivity index (χ0) is 15.2. The zero-order valence-electron chi connectivity index (χ0n) is 11.3. The molecule has 0 heterocycles. The first-order chi connectivity index (χ1) is 10.1. The largest absolute Gasteiger partial charge is 0.399 e. The topological polar surface area (TPSA) is 110 Å². The molecule has 6 nitrogen and oxygen atoms in total. The number of nitrogens with one attached hydrogen (secondary N) is 2. The van der Waals surface area contributed by atoms with Crippen LogP contribution in [0.5, 0.6) is 0 Å². The van der Waals surface area contributed by atoms with Crippen LogP contribution in [-0.2, 0) is 6.54 Å². The second-order valence-electron chi connectivity index (χ2n) is 4.47. The van der Waals surface area contributed by atoms with E-state index in [0.29, 0.717) is 17.9 Å². The van der Waals surface area contributed by atoms with Crippen LogP contribution >= 0.6 is 0 Å². The number of urea groups is 1. The van der Waals surface area contributed by atoms with Crippen LogP contribution in [0.2, 0.25) is 0 Å². The van der Waals surface area contributed by atoms with Crippen molar-refractivity contribution in [3.8, 4) is 0 Å². The number of nitrogen functional groups attached to an aromatic ring is 2. The fourth-order valence-corrected chi connectivity index (χ4v) is 1.74. The average Bonchev–Trinajstić information content (AvgIpc) is 2.47. The monoisotopic (exact) mass is 284 g/mol. The minimum absolute atomic E-state index is 0.264. The molecule has 3 amide bonds. The lowest BCUT2D eigenvalue weighted by molar-refractivity contribution is 0.0965. The Bertz CT molecular complexity index is 653. The third-order valence-electron chi connectivity index (χ3n) is 2.87. The highest BCUT2D eigenvalue weighted by Crippen LogP contribution is 2.09. The van der Waals surface area contributed by atoms with Crippen LogP contribution in [0.25, 0.3) is 0 Å². The van der Waals surface area contributed by atoms with E-state index in [1.807, 2.05) is 0 Å². The van der Waals surface area contributed by atoms with Crippen LogP contribution in [0.1, 0.15) is 15.9 Å². The Hall–Kier alpha value is -3.02. The molecule has 0 unspecified atom stereocenters. The fraction of sp³-hybridized carbons (Fsp3) is 0.0667. The van der Waals surface area contributed by atoms with Gasteiger partial charge in [0, 0.05) is 17.9 Å². The van der Waals surface area contributed by atoms with Crippen LogP contribution in [0.4, 0.5) is 16.2 Å². The van der Waals surface area contributed by atoms with Gasteiger partial charge in [0.2, 0.25) is 0 Å². The summed E-state index contributed by atoms with van der Waals surface area (Å²) in [5.74, 6) is -0.539. The highest BCUT2D eigenvalue weighted by atomic mass is 16.2. The molecule has 0 aliphatic carbocycles. The molecule has 0 aromatic heterocycles. The van der Waals surface area contributed by atoms with Gasteiger partial charge in [0.15, 0.2) is 0 Å². The van der Waals surface area contributed by atoms with Gasteiger partial charge < -0.3 is 16.8 Å². The predicted molar refractivity (Wildman–Crippen MR) is 81.4 cm³/mol. The molecule has 108 valence electrons. The van der Waals surface area contributed by atoms with E-state index >= 15 is 0 Å². The third-order valence-corrected chi connectivity index (χ3v) is 2.87. The van der Waals surface area contributed by atoms with E-state index in [9.17, 15) is 9.59 Å². The first kappa shape index (κ1) is 14.4. The van der Waals surface area contributed by atoms with E-state index in [1.54, 1.807) is 48.5 Å². The Labute approximate surface area is 122 Å². The van der Waals surface area contributed by atoms with Crippen molar-refractivity contribution in [1.82, 2.24) is 10.6 Å². The van der Waals surface area contributed by atoms with Gasteiger partial charge in [-0.1, -0.05) is 24.3 Å². The Morgan fingerprint density at radius 1 is 0.952 bits per heavy atom. The normalized spacial score (nSPS) is 9.90. The van der Waals surface area contributed by atoms with Crippen LogP contribution in [0.3, 0.4) is 0 Å². The number of benzene rings is 2. The standard InChI is InChI=1S/C15H16N4O2/c16-11-7-5-10(6-8-11)9-18-15(21)19-14(20)12-3-1-2-4-13(12)17/h1-8H,9,16-17H2,(H2,18,19,20,21). The molecule has 0 spiro atoms. The molecule has 0 bridgehead atoms. The molecule has 0 atom stereocenters. The van der Waals surface area contributed by atoms with Gasteiger partial charge in [-0.25, -0.2) is 4.79 Å². The van der Waals surface area contributed by atoms with E-state index in [-0.39, 0.29) is 5.56 Å². The van der Waals surface area contributed by atoms with Crippen LogP contribution in [-0.4, -0.2) is 11.9 Å². The van der Waals surface area contributed by atoms with E-state index in [0.717, 1.165) is 5.56 Å². The molecule has 6 N–H and O–H groups in total. The lowest BCUT2D eigenvalue weighted by Crippen LogP contribution is -2.39. The number of nitrogens with two attached hydrogens (primary N) is 2. The summed E-state index contributed by atoms with van der Waals surface area (Å²) in [4.78, 5) is 23.5. The molecule has 0 radical (unpaired) electrons. The molecule has 6 heteroatoms. The van der Waals surface area contributed by atoms with Gasteiger partial charge in [0.25, 0.3) is 5.91 Å². The summed E-state index contributed by atoms with van der Waals surface area (Å²) in [7, 11) is 0. The van der Waals surface area contributed by atoms with E-state index in [2.05, 4.69) is 10.6 Å². The molecule has 21 heavy (non-hydrogen) atoms. The molecule has 2 aromatic carbocycles. The predicted octanol–water partition coefficient (Wildman–Crippen LogP) is 1.49. The smallest absolute Gasteiger partial charge is 0.321 e. The summed E-state index contributed by atoms with van der Waals surface area (Å²) in [5.41, 5.74) is 13.4. The molecule has 2 aromatic rings. The number of hydrogen-bond donors (Lipinski definition) is 4. The van der Waals surface area contributed by atoms with Crippen molar-refractivity contribution in [2.24, 2.45) is 0 Å². The molecular weight excluding hydrogens is 268 g/mol. The molecular formula is C15H16N4O2. The number of anilines is 2. The van der Waals surface area contributed by atoms with E-state index in [1.165, 1.54) is 0 Å². The van der Waals surface area contributed by atoms with E-state index < -0.39 is 11.9 Å².